The van der Waals surface area contributed by atoms with Crippen LogP contribution in [0.2, 0.25) is 0 Å². The fourth-order valence-corrected chi connectivity index (χ4v) is 5.69. The summed E-state index contributed by atoms with van der Waals surface area (Å²) < 4.78 is 71.2. The first kappa shape index (κ1) is 25.3. The number of hydrogen-bond acceptors (Lipinski definition) is 5. The van der Waals surface area contributed by atoms with Gasteiger partial charge in [0.1, 0.15) is 17.5 Å². The molecule has 0 bridgehead atoms. The summed E-state index contributed by atoms with van der Waals surface area (Å²) in [5.74, 6) is -2.02. The summed E-state index contributed by atoms with van der Waals surface area (Å²) in [5.41, 5.74) is 2.05. The number of fused-ring (bicyclic) bond motifs is 1. The van der Waals surface area contributed by atoms with E-state index in [2.05, 4.69) is 19.6 Å². The summed E-state index contributed by atoms with van der Waals surface area (Å²) in [6.07, 6.45) is -0.000370. The second-order valence-corrected chi connectivity index (χ2v) is 10.4. The average molecular weight is 511 g/mol. The van der Waals surface area contributed by atoms with Gasteiger partial charge < -0.3 is 10.1 Å². The van der Waals surface area contributed by atoms with Crippen molar-refractivity contribution in [3.8, 4) is 11.3 Å². The maximum atomic E-state index is 14.5. The molecule has 1 fully saturated rings. The van der Waals surface area contributed by atoms with E-state index >= 15 is 0 Å². The predicted octanol–water partition coefficient (Wildman–Crippen LogP) is 3.69. The Morgan fingerprint density at radius 2 is 1.83 bits per heavy atom. The van der Waals surface area contributed by atoms with Gasteiger partial charge in [0, 0.05) is 18.0 Å². The SMILES string of the molecule is C[C@@H](O)[C@@H](CN=O)NS(=O)(=O)NC[C@H]1C[C@H](c2c(-c3ccc(F)cc3)[nH]c3c(F)cc(F)cc32)C1. The van der Waals surface area contributed by atoms with Gasteiger partial charge in [0.2, 0.25) is 0 Å². The van der Waals surface area contributed by atoms with Crippen LogP contribution in [0.5, 0.6) is 0 Å². The topological polar surface area (TPSA) is 124 Å². The Kier molecular flexibility index (Phi) is 7.27. The molecule has 4 N–H and O–H groups in total. The van der Waals surface area contributed by atoms with Gasteiger partial charge in [-0.05, 0) is 73.1 Å². The van der Waals surface area contributed by atoms with E-state index in [-0.39, 0.29) is 23.9 Å². The molecule has 12 heteroatoms. The van der Waals surface area contributed by atoms with Crippen LogP contribution in [0.15, 0.2) is 41.6 Å². The molecule has 2 aromatic carbocycles. The Bertz CT molecular complexity index is 1320. The lowest BCUT2D eigenvalue weighted by molar-refractivity contribution is 0.158. The molecule has 0 amide bonds. The monoisotopic (exact) mass is 510 g/mol. The number of nitroso groups, excluding NO2 is 1. The molecular weight excluding hydrogens is 485 g/mol. The number of aromatic nitrogens is 1. The largest absolute Gasteiger partial charge is 0.392 e. The lowest BCUT2D eigenvalue weighted by atomic mass is 9.70. The molecule has 2 atom stereocenters. The second-order valence-electron chi connectivity index (χ2n) is 8.89. The average Bonchev–Trinajstić information content (AvgIpc) is 3.12. The van der Waals surface area contributed by atoms with E-state index < -0.39 is 46.4 Å². The molecular formula is C23H25F3N4O4S. The minimum absolute atomic E-state index is 0.0461. The zero-order chi connectivity index (χ0) is 25.3. The van der Waals surface area contributed by atoms with Gasteiger partial charge >= 0.3 is 0 Å². The molecule has 0 aliphatic heterocycles. The Morgan fingerprint density at radius 1 is 1.14 bits per heavy atom. The Balaban J connectivity index is 1.51. The van der Waals surface area contributed by atoms with Crippen molar-refractivity contribution in [1.82, 2.24) is 14.4 Å². The van der Waals surface area contributed by atoms with Gasteiger partial charge in [-0.2, -0.15) is 18.0 Å². The summed E-state index contributed by atoms with van der Waals surface area (Å²) in [7, 11) is -3.99. The van der Waals surface area contributed by atoms with Gasteiger partial charge in [-0.15, -0.1) is 0 Å². The molecule has 1 aliphatic rings. The third-order valence-corrected chi connectivity index (χ3v) is 7.52. The highest BCUT2D eigenvalue weighted by Gasteiger charge is 2.35. The Hall–Kier alpha value is -2.80. The lowest BCUT2D eigenvalue weighted by Crippen LogP contribution is -2.50. The van der Waals surface area contributed by atoms with Gasteiger partial charge in [-0.25, -0.2) is 17.9 Å². The molecule has 188 valence electrons. The molecule has 4 rings (SSSR count). The van der Waals surface area contributed by atoms with E-state index in [9.17, 15) is 31.6 Å². The zero-order valence-electron chi connectivity index (χ0n) is 18.8. The van der Waals surface area contributed by atoms with Gasteiger partial charge in [-0.1, -0.05) is 5.18 Å². The highest BCUT2D eigenvalue weighted by molar-refractivity contribution is 7.87. The number of hydrogen-bond donors (Lipinski definition) is 4. The number of aliphatic hydroxyl groups is 1. The number of nitrogens with zero attached hydrogens (tertiary/aromatic N) is 1. The molecule has 1 aromatic heterocycles. The van der Waals surface area contributed by atoms with Crippen LogP contribution in [0.1, 0.15) is 31.2 Å². The summed E-state index contributed by atoms with van der Waals surface area (Å²) in [6.45, 7) is 1.04. The van der Waals surface area contributed by atoms with E-state index in [0.717, 1.165) is 6.07 Å². The van der Waals surface area contributed by atoms with Crippen molar-refractivity contribution < 1.29 is 26.7 Å². The van der Waals surface area contributed by atoms with Crippen molar-refractivity contribution in [1.29, 1.82) is 0 Å². The number of halogens is 3. The predicted molar refractivity (Wildman–Crippen MR) is 125 cm³/mol. The van der Waals surface area contributed by atoms with Crippen LogP contribution >= 0.6 is 0 Å². The van der Waals surface area contributed by atoms with Crippen LogP contribution < -0.4 is 9.44 Å². The lowest BCUT2D eigenvalue weighted by Gasteiger charge is -2.36. The molecule has 1 aliphatic carbocycles. The van der Waals surface area contributed by atoms with Crippen LogP contribution in [0, 0.1) is 28.3 Å². The van der Waals surface area contributed by atoms with Crippen LogP contribution in [0.4, 0.5) is 13.2 Å². The first-order chi connectivity index (χ1) is 16.6. The van der Waals surface area contributed by atoms with Crippen LogP contribution in [0.25, 0.3) is 22.2 Å². The molecule has 3 aromatic rings. The van der Waals surface area contributed by atoms with Crippen LogP contribution in [-0.4, -0.2) is 43.7 Å². The fraction of sp³-hybridized carbons (Fsp3) is 0.391. The van der Waals surface area contributed by atoms with Crippen molar-refractivity contribution in [3.63, 3.8) is 0 Å². The van der Waals surface area contributed by atoms with Gasteiger partial charge in [0.25, 0.3) is 10.2 Å². The molecule has 1 heterocycles. The summed E-state index contributed by atoms with van der Waals surface area (Å²) in [4.78, 5) is 13.5. The van der Waals surface area contributed by atoms with E-state index in [1.807, 2.05) is 0 Å². The highest BCUT2D eigenvalue weighted by Crippen LogP contribution is 2.48. The zero-order valence-corrected chi connectivity index (χ0v) is 19.6. The highest BCUT2D eigenvalue weighted by atomic mass is 32.2. The summed E-state index contributed by atoms with van der Waals surface area (Å²) in [5, 5.41) is 12.6. The maximum Gasteiger partial charge on any atom is 0.277 e. The number of aromatic amines is 1. The maximum absolute atomic E-state index is 14.5. The third kappa shape index (κ3) is 5.56. The standard InChI is InChI=1S/C23H25F3N4O4S/c1-12(31)20(11-27-32)30-35(33,34)28-10-13-6-15(7-13)21-18-8-17(25)9-19(26)23(18)29-22(21)14-2-4-16(24)5-3-14/h2-5,8-9,12-13,15,20,28-31H,6-7,10-11H2,1H3/t12-,13-,15-,20-/m1/s1. The molecule has 1 saturated carbocycles. The smallest absolute Gasteiger partial charge is 0.277 e. The van der Waals surface area contributed by atoms with Crippen LogP contribution in [-0.2, 0) is 10.2 Å². The third-order valence-electron chi connectivity index (χ3n) is 6.36. The number of benzene rings is 2. The van der Waals surface area contributed by atoms with Gasteiger partial charge in [-0.3, -0.25) is 0 Å². The van der Waals surface area contributed by atoms with Crippen molar-refractivity contribution in [3.05, 3.63) is 64.3 Å². The molecule has 35 heavy (non-hydrogen) atoms. The molecule has 8 nitrogen and oxygen atoms in total. The molecule has 0 spiro atoms. The number of aliphatic hydroxyl groups excluding tert-OH is 1. The first-order valence-electron chi connectivity index (χ1n) is 11.1. The van der Waals surface area contributed by atoms with Crippen molar-refractivity contribution in [2.24, 2.45) is 11.1 Å². The van der Waals surface area contributed by atoms with Crippen LogP contribution in [0.3, 0.4) is 0 Å². The minimum atomic E-state index is -3.99. The quantitative estimate of drug-likeness (QED) is 0.311. The van der Waals surface area contributed by atoms with E-state index in [4.69, 9.17) is 0 Å². The van der Waals surface area contributed by atoms with Crippen molar-refractivity contribution in [2.45, 2.75) is 37.8 Å². The van der Waals surface area contributed by atoms with Crippen molar-refractivity contribution in [2.75, 3.05) is 13.1 Å². The summed E-state index contributed by atoms with van der Waals surface area (Å²) in [6, 6.07) is 6.69. The molecule has 0 saturated heterocycles. The fourth-order valence-electron chi connectivity index (χ4n) is 4.48. The Labute approximate surface area is 200 Å². The molecule has 0 unspecified atom stereocenters. The first-order valence-corrected chi connectivity index (χ1v) is 12.6. The van der Waals surface area contributed by atoms with E-state index in [1.54, 1.807) is 12.1 Å². The Morgan fingerprint density at radius 3 is 2.46 bits per heavy atom. The number of H-pyrrole nitrogens is 1. The number of rotatable bonds is 10. The van der Waals surface area contributed by atoms with Crippen molar-refractivity contribution >= 4 is 21.1 Å². The van der Waals surface area contributed by atoms with E-state index in [0.29, 0.717) is 35.0 Å². The van der Waals surface area contributed by atoms with Gasteiger partial charge in [0.05, 0.1) is 29.9 Å². The number of nitrogens with one attached hydrogen (secondary N) is 3. The minimum Gasteiger partial charge on any atom is -0.392 e. The normalized spacial score (nSPS) is 19.9. The van der Waals surface area contributed by atoms with Gasteiger partial charge in [0.15, 0.2) is 0 Å². The second kappa shape index (κ2) is 10.1. The van der Waals surface area contributed by atoms with E-state index in [1.165, 1.54) is 25.1 Å². The summed E-state index contributed by atoms with van der Waals surface area (Å²) >= 11 is 0. The molecule has 0 radical (unpaired) electrons.